The molecule has 3 aromatic rings. The van der Waals surface area contributed by atoms with E-state index in [9.17, 15) is 0 Å². The van der Waals surface area contributed by atoms with Crippen LogP contribution in [-0.2, 0) is 12.3 Å². The van der Waals surface area contributed by atoms with Crippen molar-refractivity contribution in [2.75, 3.05) is 0 Å². The van der Waals surface area contributed by atoms with Crippen LogP contribution in [0.4, 0.5) is 0 Å². The Morgan fingerprint density at radius 2 is 2.05 bits per heavy atom. The molecule has 108 valence electrons. The fraction of sp³-hybridized carbons (Fsp3) is 0.312. The Kier molecular flexibility index (Phi) is 3.71. The van der Waals surface area contributed by atoms with Crippen molar-refractivity contribution >= 4 is 33.3 Å². The monoisotopic (exact) mass is 316 g/mol. The molecule has 3 nitrogen and oxygen atoms in total. The summed E-state index contributed by atoms with van der Waals surface area (Å²) in [5.74, 6) is 2.89. The number of rotatable bonds is 6. The van der Waals surface area contributed by atoms with Crippen LogP contribution in [0.5, 0.6) is 0 Å². The number of thioether (sulfide) groups is 1. The van der Waals surface area contributed by atoms with Gasteiger partial charge in [-0.05, 0) is 37.1 Å². The maximum Gasteiger partial charge on any atom is 0.151 e. The van der Waals surface area contributed by atoms with Crippen LogP contribution in [-0.4, -0.2) is 11.0 Å². The number of nitrogens with one attached hydrogen (secondary N) is 1. The minimum atomic E-state index is 0.718. The molecule has 0 radical (unpaired) electrons. The van der Waals surface area contributed by atoms with E-state index in [4.69, 9.17) is 4.42 Å². The highest BCUT2D eigenvalue weighted by molar-refractivity contribution is 8.00. The van der Waals surface area contributed by atoms with Crippen LogP contribution in [0.15, 0.2) is 45.2 Å². The minimum absolute atomic E-state index is 0.718. The molecule has 0 atom stereocenters. The molecule has 4 rings (SSSR count). The number of fused-ring (bicyclic) bond motifs is 1. The SMILES string of the molecule is c1ccc2sc(SCc3ccc(CNC4CC4)o3)nc2c1. The van der Waals surface area contributed by atoms with Crippen molar-refractivity contribution in [3.05, 3.63) is 47.9 Å². The molecule has 1 N–H and O–H groups in total. The largest absolute Gasteiger partial charge is 0.464 e. The molecule has 1 aromatic carbocycles. The Bertz CT molecular complexity index is 712. The third kappa shape index (κ3) is 3.31. The van der Waals surface area contributed by atoms with Gasteiger partial charge in [-0.2, -0.15) is 0 Å². The molecule has 1 saturated carbocycles. The van der Waals surface area contributed by atoms with Gasteiger partial charge < -0.3 is 9.73 Å². The highest BCUT2D eigenvalue weighted by Gasteiger charge is 2.20. The predicted octanol–water partition coefficient (Wildman–Crippen LogP) is 4.43. The summed E-state index contributed by atoms with van der Waals surface area (Å²) < 4.78 is 8.20. The number of para-hydroxylation sites is 1. The normalized spacial score (nSPS) is 14.9. The molecule has 2 aromatic heterocycles. The zero-order valence-corrected chi connectivity index (χ0v) is 13.2. The van der Waals surface area contributed by atoms with E-state index >= 15 is 0 Å². The highest BCUT2D eigenvalue weighted by atomic mass is 32.2. The summed E-state index contributed by atoms with van der Waals surface area (Å²) >= 11 is 3.49. The van der Waals surface area contributed by atoms with Gasteiger partial charge in [-0.3, -0.25) is 0 Å². The van der Waals surface area contributed by atoms with Crippen molar-refractivity contribution in [2.45, 2.75) is 35.5 Å². The molecule has 2 heterocycles. The average molecular weight is 316 g/mol. The molecule has 0 saturated heterocycles. The maximum absolute atomic E-state index is 5.85. The number of nitrogens with zero attached hydrogens (tertiary/aromatic N) is 1. The van der Waals surface area contributed by atoms with Crippen LogP contribution in [0.1, 0.15) is 24.4 Å². The van der Waals surface area contributed by atoms with Gasteiger partial charge in [-0.15, -0.1) is 11.3 Å². The molecular formula is C16H16N2OS2. The maximum atomic E-state index is 5.85. The van der Waals surface area contributed by atoms with Crippen LogP contribution in [0.2, 0.25) is 0 Å². The second-order valence-electron chi connectivity index (χ2n) is 5.26. The second-order valence-corrected chi connectivity index (χ2v) is 7.51. The molecular weight excluding hydrogens is 300 g/mol. The van der Waals surface area contributed by atoms with E-state index < -0.39 is 0 Å². The molecule has 21 heavy (non-hydrogen) atoms. The van der Waals surface area contributed by atoms with E-state index in [-0.39, 0.29) is 0 Å². The van der Waals surface area contributed by atoms with E-state index in [1.165, 1.54) is 17.5 Å². The van der Waals surface area contributed by atoms with Gasteiger partial charge in [0, 0.05) is 6.04 Å². The Hall–Kier alpha value is -1.30. The van der Waals surface area contributed by atoms with Gasteiger partial charge in [0.2, 0.25) is 0 Å². The lowest BCUT2D eigenvalue weighted by Crippen LogP contribution is -2.14. The zero-order valence-electron chi connectivity index (χ0n) is 11.5. The first-order valence-corrected chi connectivity index (χ1v) is 8.96. The van der Waals surface area contributed by atoms with Crippen LogP contribution in [0.25, 0.3) is 10.2 Å². The minimum Gasteiger partial charge on any atom is -0.464 e. The van der Waals surface area contributed by atoms with Crippen LogP contribution in [0, 0.1) is 0 Å². The fourth-order valence-corrected chi connectivity index (χ4v) is 4.14. The lowest BCUT2D eigenvalue weighted by molar-refractivity contribution is 0.458. The zero-order chi connectivity index (χ0) is 14.1. The molecule has 0 aliphatic heterocycles. The first-order chi connectivity index (χ1) is 10.4. The van der Waals surface area contributed by atoms with Crippen molar-refractivity contribution in [3.63, 3.8) is 0 Å². The Morgan fingerprint density at radius 1 is 1.19 bits per heavy atom. The summed E-state index contributed by atoms with van der Waals surface area (Å²) in [6.07, 6.45) is 2.61. The predicted molar refractivity (Wildman–Crippen MR) is 87.8 cm³/mol. The van der Waals surface area contributed by atoms with E-state index in [2.05, 4.69) is 40.6 Å². The molecule has 1 aliphatic rings. The second kappa shape index (κ2) is 5.83. The number of hydrogen-bond donors (Lipinski definition) is 1. The van der Waals surface area contributed by atoms with E-state index in [1.807, 2.05) is 6.07 Å². The fourth-order valence-electron chi connectivity index (χ4n) is 2.17. The Labute approximate surface area is 131 Å². The van der Waals surface area contributed by atoms with E-state index in [0.29, 0.717) is 0 Å². The molecule has 1 aliphatic carbocycles. The first kappa shape index (κ1) is 13.4. The lowest BCUT2D eigenvalue weighted by atomic mass is 10.3. The van der Waals surface area contributed by atoms with Crippen molar-refractivity contribution in [2.24, 2.45) is 0 Å². The van der Waals surface area contributed by atoms with Gasteiger partial charge in [0.05, 0.1) is 22.5 Å². The van der Waals surface area contributed by atoms with Crippen molar-refractivity contribution in [1.82, 2.24) is 10.3 Å². The van der Waals surface area contributed by atoms with Gasteiger partial charge in [0.15, 0.2) is 4.34 Å². The quantitative estimate of drug-likeness (QED) is 0.683. The average Bonchev–Trinajstić information content (AvgIpc) is 3.07. The van der Waals surface area contributed by atoms with Gasteiger partial charge >= 0.3 is 0 Å². The van der Waals surface area contributed by atoms with Crippen LogP contribution < -0.4 is 5.32 Å². The molecule has 0 spiro atoms. The number of aromatic nitrogens is 1. The summed E-state index contributed by atoms with van der Waals surface area (Å²) in [5, 5.41) is 3.47. The first-order valence-electron chi connectivity index (χ1n) is 7.16. The summed E-state index contributed by atoms with van der Waals surface area (Å²) in [5.41, 5.74) is 1.08. The lowest BCUT2D eigenvalue weighted by Gasteiger charge is -1.98. The highest BCUT2D eigenvalue weighted by Crippen LogP contribution is 2.31. The van der Waals surface area contributed by atoms with Gasteiger partial charge in [-0.1, -0.05) is 23.9 Å². The van der Waals surface area contributed by atoms with Gasteiger partial charge in [0.25, 0.3) is 0 Å². The Balaban J connectivity index is 1.37. The number of hydrogen-bond acceptors (Lipinski definition) is 5. The van der Waals surface area contributed by atoms with Crippen LogP contribution >= 0.6 is 23.1 Å². The smallest absolute Gasteiger partial charge is 0.151 e. The van der Waals surface area contributed by atoms with Gasteiger partial charge in [0.1, 0.15) is 11.5 Å². The number of benzene rings is 1. The summed E-state index contributed by atoms with van der Waals surface area (Å²) in [6, 6.07) is 13.1. The summed E-state index contributed by atoms with van der Waals surface area (Å²) in [6.45, 7) is 0.844. The molecule has 0 amide bonds. The standard InChI is InChI=1S/C16H16N2OS2/c1-2-4-15-14(3-1)18-16(21-15)20-10-13-8-7-12(19-13)9-17-11-5-6-11/h1-4,7-8,11,17H,5-6,9-10H2. The molecule has 0 bridgehead atoms. The summed E-state index contributed by atoms with van der Waals surface area (Å²) in [7, 11) is 0. The number of thiazole rings is 1. The molecule has 0 unspecified atom stereocenters. The van der Waals surface area contributed by atoms with E-state index in [0.717, 1.165) is 39.7 Å². The van der Waals surface area contributed by atoms with Crippen molar-refractivity contribution < 1.29 is 4.42 Å². The topological polar surface area (TPSA) is 38.1 Å². The summed E-state index contributed by atoms with van der Waals surface area (Å²) in [4.78, 5) is 4.63. The van der Waals surface area contributed by atoms with Gasteiger partial charge in [-0.25, -0.2) is 4.98 Å². The van der Waals surface area contributed by atoms with Crippen LogP contribution in [0.3, 0.4) is 0 Å². The number of furan rings is 1. The van der Waals surface area contributed by atoms with Crippen molar-refractivity contribution in [1.29, 1.82) is 0 Å². The Morgan fingerprint density at radius 3 is 2.90 bits per heavy atom. The third-order valence-electron chi connectivity index (χ3n) is 3.47. The van der Waals surface area contributed by atoms with Crippen molar-refractivity contribution in [3.8, 4) is 0 Å². The molecule has 1 fully saturated rings. The van der Waals surface area contributed by atoms with E-state index in [1.54, 1.807) is 23.1 Å². The third-order valence-corrected chi connectivity index (χ3v) is 5.67. The molecule has 5 heteroatoms.